The lowest BCUT2D eigenvalue weighted by Gasteiger charge is -2.35. The minimum absolute atomic E-state index is 0.659. The third kappa shape index (κ3) is 3.83. The van der Waals surface area contributed by atoms with Crippen LogP contribution in [0.1, 0.15) is 55.6 Å². The van der Waals surface area contributed by atoms with Crippen molar-refractivity contribution in [3.05, 3.63) is 35.4 Å². The molecule has 126 valence electrons. The van der Waals surface area contributed by atoms with Crippen molar-refractivity contribution in [1.82, 2.24) is 24.4 Å². The molecule has 2 aromatic rings. The van der Waals surface area contributed by atoms with E-state index in [1.165, 1.54) is 43.6 Å². The summed E-state index contributed by atoms with van der Waals surface area (Å²) in [5, 5.41) is 0. The molecule has 0 amide bonds. The van der Waals surface area contributed by atoms with E-state index in [4.69, 9.17) is 4.98 Å². The highest BCUT2D eigenvalue weighted by molar-refractivity contribution is 5.13. The Morgan fingerprint density at radius 1 is 1.30 bits per heavy atom. The van der Waals surface area contributed by atoms with Gasteiger partial charge in [-0.05, 0) is 39.7 Å². The van der Waals surface area contributed by atoms with E-state index in [1.54, 1.807) is 0 Å². The van der Waals surface area contributed by atoms with Crippen LogP contribution in [0.5, 0.6) is 0 Å². The highest BCUT2D eigenvalue weighted by Gasteiger charge is 2.23. The second kappa shape index (κ2) is 7.30. The van der Waals surface area contributed by atoms with E-state index in [0.29, 0.717) is 6.04 Å². The Bertz CT molecular complexity index is 627. The van der Waals surface area contributed by atoms with Crippen LogP contribution in [0.15, 0.2) is 12.4 Å². The van der Waals surface area contributed by atoms with Gasteiger partial charge >= 0.3 is 0 Å². The summed E-state index contributed by atoms with van der Waals surface area (Å²) in [6.45, 7) is 9.62. The maximum absolute atomic E-state index is 4.77. The summed E-state index contributed by atoms with van der Waals surface area (Å²) < 4.78 is 2.27. The zero-order valence-electron chi connectivity index (χ0n) is 14.7. The number of likely N-dealkylation sites (tertiary alicyclic amines) is 1. The molecule has 5 heteroatoms. The summed E-state index contributed by atoms with van der Waals surface area (Å²) in [6, 6.07) is 0.659. The Labute approximate surface area is 139 Å². The van der Waals surface area contributed by atoms with Crippen LogP contribution in [-0.4, -0.2) is 37.0 Å². The first-order chi connectivity index (χ1) is 11.2. The monoisotopic (exact) mass is 315 g/mol. The Morgan fingerprint density at radius 3 is 2.87 bits per heavy atom. The molecule has 0 aromatic carbocycles. The molecular weight excluding hydrogens is 286 g/mol. The van der Waals surface area contributed by atoms with Crippen molar-refractivity contribution in [3.63, 3.8) is 0 Å². The van der Waals surface area contributed by atoms with Gasteiger partial charge in [0.2, 0.25) is 0 Å². The SMILES string of the molecule is CCc1nc(CN2CCCC[C@@H]2CCn2ccnc2C)c(C)[nH]1. The molecule has 0 unspecified atom stereocenters. The predicted octanol–water partition coefficient (Wildman–Crippen LogP) is 3.23. The number of rotatable bonds is 6. The zero-order valence-corrected chi connectivity index (χ0v) is 14.7. The summed E-state index contributed by atoms with van der Waals surface area (Å²) >= 11 is 0. The maximum Gasteiger partial charge on any atom is 0.106 e. The van der Waals surface area contributed by atoms with Gasteiger partial charge in [-0.2, -0.15) is 0 Å². The second-order valence-electron chi connectivity index (χ2n) is 6.69. The van der Waals surface area contributed by atoms with E-state index in [0.717, 1.165) is 31.2 Å². The van der Waals surface area contributed by atoms with E-state index >= 15 is 0 Å². The van der Waals surface area contributed by atoms with Crippen LogP contribution in [0, 0.1) is 13.8 Å². The van der Waals surface area contributed by atoms with Gasteiger partial charge in [-0.25, -0.2) is 9.97 Å². The summed E-state index contributed by atoms with van der Waals surface area (Å²) in [5.41, 5.74) is 2.46. The number of H-pyrrole nitrogens is 1. The van der Waals surface area contributed by atoms with E-state index in [9.17, 15) is 0 Å². The maximum atomic E-state index is 4.77. The van der Waals surface area contributed by atoms with Crippen molar-refractivity contribution < 1.29 is 0 Å². The van der Waals surface area contributed by atoms with Crippen LogP contribution >= 0.6 is 0 Å². The first-order valence-corrected chi connectivity index (χ1v) is 8.93. The Balaban J connectivity index is 1.63. The molecule has 1 saturated heterocycles. The van der Waals surface area contributed by atoms with Crippen molar-refractivity contribution in [2.75, 3.05) is 6.54 Å². The van der Waals surface area contributed by atoms with E-state index < -0.39 is 0 Å². The van der Waals surface area contributed by atoms with Crippen LogP contribution in [0.3, 0.4) is 0 Å². The topological polar surface area (TPSA) is 49.7 Å². The van der Waals surface area contributed by atoms with Crippen molar-refractivity contribution in [1.29, 1.82) is 0 Å². The molecule has 1 aliphatic rings. The summed E-state index contributed by atoms with van der Waals surface area (Å²) in [7, 11) is 0. The third-order valence-electron chi connectivity index (χ3n) is 5.10. The molecule has 0 spiro atoms. The van der Waals surface area contributed by atoms with Crippen molar-refractivity contribution >= 4 is 0 Å². The smallest absolute Gasteiger partial charge is 0.106 e. The molecule has 1 aliphatic heterocycles. The number of hydrogen-bond donors (Lipinski definition) is 1. The predicted molar refractivity (Wildman–Crippen MR) is 92.3 cm³/mol. The molecule has 1 atom stereocenters. The molecular formula is C18H29N5. The average Bonchev–Trinajstić information content (AvgIpc) is 3.12. The molecule has 1 fully saturated rings. The van der Waals surface area contributed by atoms with Crippen LogP contribution in [0.4, 0.5) is 0 Å². The first-order valence-electron chi connectivity index (χ1n) is 8.93. The van der Waals surface area contributed by atoms with Crippen LogP contribution in [0.25, 0.3) is 0 Å². The molecule has 3 rings (SSSR count). The zero-order chi connectivity index (χ0) is 16.2. The third-order valence-corrected chi connectivity index (χ3v) is 5.10. The highest BCUT2D eigenvalue weighted by atomic mass is 15.2. The van der Waals surface area contributed by atoms with E-state index in [1.807, 2.05) is 6.20 Å². The molecule has 0 radical (unpaired) electrons. The number of hydrogen-bond acceptors (Lipinski definition) is 3. The van der Waals surface area contributed by atoms with Crippen LogP contribution < -0.4 is 0 Å². The molecule has 0 saturated carbocycles. The standard InChI is InChI=1S/C18H29N5/c1-4-18-20-14(2)17(21-18)13-23-10-6-5-7-16(23)8-11-22-12-9-19-15(22)3/h9,12,16H,4-8,10-11,13H2,1-3H3,(H,20,21)/t16-/m1/s1. The number of aryl methyl sites for hydroxylation is 4. The van der Waals surface area contributed by atoms with Crippen LogP contribution in [0.2, 0.25) is 0 Å². The quantitative estimate of drug-likeness (QED) is 0.890. The highest BCUT2D eigenvalue weighted by Crippen LogP contribution is 2.23. The number of imidazole rings is 2. The number of nitrogens with zero attached hydrogens (tertiary/aromatic N) is 4. The van der Waals surface area contributed by atoms with Gasteiger partial charge in [0.1, 0.15) is 11.6 Å². The Kier molecular flexibility index (Phi) is 5.16. The number of aromatic nitrogens is 4. The van der Waals surface area contributed by atoms with Gasteiger partial charge in [0.15, 0.2) is 0 Å². The average molecular weight is 315 g/mol. The molecule has 3 heterocycles. The summed E-state index contributed by atoms with van der Waals surface area (Å²) in [5.74, 6) is 2.23. The lowest BCUT2D eigenvalue weighted by molar-refractivity contribution is 0.126. The van der Waals surface area contributed by atoms with Crippen LogP contribution in [-0.2, 0) is 19.5 Å². The molecule has 0 bridgehead atoms. The number of nitrogens with one attached hydrogen (secondary N) is 1. The fourth-order valence-corrected chi connectivity index (χ4v) is 3.60. The van der Waals surface area contributed by atoms with Gasteiger partial charge < -0.3 is 9.55 Å². The lowest BCUT2D eigenvalue weighted by atomic mass is 9.99. The van der Waals surface area contributed by atoms with Crippen molar-refractivity contribution in [3.8, 4) is 0 Å². The minimum atomic E-state index is 0.659. The second-order valence-corrected chi connectivity index (χ2v) is 6.69. The lowest BCUT2D eigenvalue weighted by Crippen LogP contribution is -2.39. The molecule has 1 N–H and O–H groups in total. The fraction of sp³-hybridized carbons (Fsp3) is 0.667. The van der Waals surface area contributed by atoms with Gasteiger partial charge in [0, 0.05) is 43.6 Å². The minimum Gasteiger partial charge on any atom is -0.346 e. The molecule has 5 nitrogen and oxygen atoms in total. The van der Waals surface area contributed by atoms with E-state index in [2.05, 4.69) is 46.4 Å². The molecule has 0 aliphatic carbocycles. The fourth-order valence-electron chi connectivity index (χ4n) is 3.60. The van der Waals surface area contributed by atoms with Gasteiger partial charge in [0.25, 0.3) is 0 Å². The normalized spacial score (nSPS) is 19.3. The van der Waals surface area contributed by atoms with E-state index in [-0.39, 0.29) is 0 Å². The first kappa shape index (κ1) is 16.2. The van der Waals surface area contributed by atoms with Gasteiger partial charge in [-0.1, -0.05) is 13.3 Å². The number of aromatic amines is 1. The summed E-state index contributed by atoms with van der Waals surface area (Å²) in [6.07, 6.45) is 10.1. The van der Waals surface area contributed by atoms with Crippen molar-refractivity contribution in [2.45, 2.75) is 72.0 Å². The molecule has 2 aromatic heterocycles. The Hall–Kier alpha value is -1.62. The van der Waals surface area contributed by atoms with Gasteiger partial charge in [-0.15, -0.1) is 0 Å². The summed E-state index contributed by atoms with van der Waals surface area (Å²) in [4.78, 5) is 15.1. The largest absolute Gasteiger partial charge is 0.346 e. The van der Waals surface area contributed by atoms with Gasteiger partial charge in [0.05, 0.1) is 5.69 Å². The van der Waals surface area contributed by atoms with Crippen molar-refractivity contribution in [2.24, 2.45) is 0 Å². The number of piperidine rings is 1. The molecule has 23 heavy (non-hydrogen) atoms. The Morgan fingerprint density at radius 2 is 2.17 bits per heavy atom. The van der Waals surface area contributed by atoms with Gasteiger partial charge in [-0.3, -0.25) is 4.90 Å².